The van der Waals surface area contributed by atoms with Crippen molar-refractivity contribution in [3.8, 4) is 0 Å². The molecular weight excluding hydrogens is 205 g/mol. The molecule has 1 rings (SSSR count). The van der Waals surface area contributed by atoms with Crippen LogP contribution in [0, 0.1) is 0 Å². The van der Waals surface area contributed by atoms with Crippen LogP contribution in [0.4, 0.5) is 13.2 Å². The number of hydrogen-bond donors (Lipinski definition) is 2. The molecule has 0 saturated carbocycles. The highest BCUT2D eigenvalue weighted by molar-refractivity contribution is 5.26. The molecule has 0 saturated heterocycles. The molecule has 1 aromatic rings. The first-order chi connectivity index (χ1) is 6.95. The molecule has 0 unspecified atom stereocenters. The lowest BCUT2D eigenvalue weighted by atomic mass is 10.0. The third kappa shape index (κ3) is 3.21. The molecule has 0 aliphatic heterocycles. The van der Waals surface area contributed by atoms with Crippen LogP contribution in [-0.2, 0) is 6.18 Å². The first-order valence-corrected chi connectivity index (χ1v) is 4.58. The molecular formula is C10H13F3N2. The lowest BCUT2D eigenvalue weighted by molar-refractivity contribution is -0.137. The van der Waals surface area contributed by atoms with E-state index >= 15 is 0 Å². The van der Waals surface area contributed by atoms with E-state index in [0.29, 0.717) is 18.5 Å². The van der Waals surface area contributed by atoms with Crippen LogP contribution < -0.4 is 11.5 Å². The van der Waals surface area contributed by atoms with Gasteiger partial charge in [-0.3, -0.25) is 0 Å². The average Bonchev–Trinajstić information content (AvgIpc) is 2.17. The van der Waals surface area contributed by atoms with E-state index in [2.05, 4.69) is 0 Å². The number of alkyl halides is 3. The number of rotatable bonds is 3. The van der Waals surface area contributed by atoms with Gasteiger partial charge >= 0.3 is 6.18 Å². The predicted octanol–water partition coefficient (Wildman–Crippen LogP) is 2.05. The van der Waals surface area contributed by atoms with E-state index in [0.717, 1.165) is 12.1 Å². The molecule has 0 radical (unpaired) electrons. The molecule has 0 bridgehead atoms. The zero-order valence-corrected chi connectivity index (χ0v) is 8.09. The van der Waals surface area contributed by atoms with Crippen molar-refractivity contribution >= 4 is 0 Å². The Bertz CT molecular complexity index is 305. The Balaban J connectivity index is 2.81. The Morgan fingerprint density at radius 3 is 2.07 bits per heavy atom. The van der Waals surface area contributed by atoms with Gasteiger partial charge in [0.25, 0.3) is 0 Å². The average molecular weight is 218 g/mol. The summed E-state index contributed by atoms with van der Waals surface area (Å²) < 4.78 is 36.7. The minimum absolute atomic E-state index is 0.294. The highest BCUT2D eigenvalue weighted by Crippen LogP contribution is 2.29. The van der Waals surface area contributed by atoms with E-state index in [1.54, 1.807) is 0 Å². The van der Waals surface area contributed by atoms with Crippen molar-refractivity contribution in [2.75, 3.05) is 6.54 Å². The first kappa shape index (κ1) is 12.0. The molecule has 2 nitrogen and oxygen atoms in total. The van der Waals surface area contributed by atoms with E-state index in [1.165, 1.54) is 12.1 Å². The second kappa shape index (κ2) is 4.63. The summed E-state index contributed by atoms with van der Waals surface area (Å²) in [4.78, 5) is 0. The van der Waals surface area contributed by atoms with E-state index in [4.69, 9.17) is 11.5 Å². The SMILES string of the molecule is NCC[C@H](N)c1ccc(C(F)(F)F)cc1. The fourth-order valence-electron chi connectivity index (χ4n) is 1.27. The maximum atomic E-state index is 12.2. The van der Waals surface area contributed by atoms with Crippen molar-refractivity contribution in [2.24, 2.45) is 11.5 Å². The molecule has 0 aromatic heterocycles. The van der Waals surface area contributed by atoms with Gasteiger partial charge in [0.05, 0.1) is 5.56 Å². The van der Waals surface area contributed by atoms with Crippen LogP contribution in [0.15, 0.2) is 24.3 Å². The second-order valence-electron chi connectivity index (χ2n) is 3.30. The van der Waals surface area contributed by atoms with E-state index in [9.17, 15) is 13.2 Å². The Morgan fingerprint density at radius 2 is 1.67 bits per heavy atom. The maximum absolute atomic E-state index is 12.2. The number of benzene rings is 1. The fourth-order valence-corrected chi connectivity index (χ4v) is 1.27. The topological polar surface area (TPSA) is 52.0 Å². The lowest BCUT2D eigenvalue weighted by Gasteiger charge is -2.12. The summed E-state index contributed by atoms with van der Waals surface area (Å²) >= 11 is 0. The summed E-state index contributed by atoms with van der Waals surface area (Å²) in [5.74, 6) is 0. The monoisotopic (exact) mass is 218 g/mol. The summed E-state index contributed by atoms with van der Waals surface area (Å²) in [6.45, 7) is 0.419. The van der Waals surface area contributed by atoms with Gasteiger partial charge in [0.2, 0.25) is 0 Å². The van der Waals surface area contributed by atoms with Gasteiger partial charge in [-0.05, 0) is 30.7 Å². The van der Waals surface area contributed by atoms with Gasteiger partial charge in [0.1, 0.15) is 0 Å². The van der Waals surface area contributed by atoms with Gasteiger partial charge in [-0.1, -0.05) is 12.1 Å². The van der Waals surface area contributed by atoms with Crippen molar-refractivity contribution in [3.63, 3.8) is 0 Å². The Hall–Kier alpha value is -1.07. The van der Waals surface area contributed by atoms with Crippen molar-refractivity contribution in [2.45, 2.75) is 18.6 Å². The van der Waals surface area contributed by atoms with Crippen LogP contribution >= 0.6 is 0 Å². The number of hydrogen-bond acceptors (Lipinski definition) is 2. The normalized spacial score (nSPS) is 13.9. The maximum Gasteiger partial charge on any atom is 0.416 e. The Morgan fingerprint density at radius 1 is 1.13 bits per heavy atom. The van der Waals surface area contributed by atoms with Crippen molar-refractivity contribution in [1.82, 2.24) is 0 Å². The van der Waals surface area contributed by atoms with Gasteiger partial charge in [-0.25, -0.2) is 0 Å². The van der Waals surface area contributed by atoms with Gasteiger partial charge in [0, 0.05) is 6.04 Å². The second-order valence-corrected chi connectivity index (χ2v) is 3.30. The van der Waals surface area contributed by atoms with Crippen LogP contribution in [0.25, 0.3) is 0 Å². The van der Waals surface area contributed by atoms with E-state index < -0.39 is 11.7 Å². The standard InChI is InChI=1S/C10H13F3N2/c11-10(12,13)8-3-1-7(2-4-8)9(15)5-6-14/h1-4,9H,5-6,14-15H2/t9-/m0/s1. The first-order valence-electron chi connectivity index (χ1n) is 4.58. The lowest BCUT2D eigenvalue weighted by Crippen LogP contribution is -2.15. The van der Waals surface area contributed by atoms with Crippen molar-refractivity contribution in [3.05, 3.63) is 35.4 Å². The molecule has 0 amide bonds. The van der Waals surface area contributed by atoms with Crippen LogP contribution in [0.1, 0.15) is 23.6 Å². The third-order valence-corrected chi connectivity index (χ3v) is 2.14. The molecule has 0 aliphatic carbocycles. The molecule has 0 spiro atoms. The number of halogens is 3. The molecule has 1 atom stereocenters. The van der Waals surface area contributed by atoms with Crippen LogP contribution in [-0.4, -0.2) is 6.54 Å². The molecule has 84 valence electrons. The van der Waals surface area contributed by atoms with Gasteiger partial charge in [-0.15, -0.1) is 0 Å². The zero-order valence-electron chi connectivity index (χ0n) is 8.09. The molecule has 5 heteroatoms. The summed E-state index contributed by atoms with van der Waals surface area (Å²) in [6, 6.07) is 4.56. The molecule has 4 N–H and O–H groups in total. The largest absolute Gasteiger partial charge is 0.416 e. The molecule has 0 heterocycles. The predicted molar refractivity (Wildman–Crippen MR) is 52.0 cm³/mol. The Kier molecular flexibility index (Phi) is 3.71. The molecule has 0 fully saturated rings. The minimum Gasteiger partial charge on any atom is -0.330 e. The number of nitrogens with two attached hydrogens (primary N) is 2. The van der Waals surface area contributed by atoms with Gasteiger partial charge in [0.15, 0.2) is 0 Å². The molecule has 1 aromatic carbocycles. The minimum atomic E-state index is -4.30. The smallest absolute Gasteiger partial charge is 0.330 e. The van der Waals surface area contributed by atoms with E-state index in [1.807, 2.05) is 0 Å². The van der Waals surface area contributed by atoms with Crippen LogP contribution in [0.5, 0.6) is 0 Å². The van der Waals surface area contributed by atoms with Crippen molar-refractivity contribution in [1.29, 1.82) is 0 Å². The fraction of sp³-hybridized carbons (Fsp3) is 0.400. The summed E-state index contributed by atoms with van der Waals surface area (Å²) in [6.07, 6.45) is -3.73. The van der Waals surface area contributed by atoms with Gasteiger partial charge < -0.3 is 11.5 Å². The summed E-state index contributed by atoms with van der Waals surface area (Å²) in [7, 11) is 0. The molecule has 15 heavy (non-hydrogen) atoms. The van der Waals surface area contributed by atoms with E-state index in [-0.39, 0.29) is 6.04 Å². The summed E-state index contributed by atoms with van der Waals surface area (Å²) in [5.41, 5.74) is 11.0. The highest BCUT2D eigenvalue weighted by atomic mass is 19.4. The van der Waals surface area contributed by atoms with Crippen molar-refractivity contribution < 1.29 is 13.2 Å². The zero-order chi connectivity index (χ0) is 11.5. The quantitative estimate of drug-likeness (QED) is 0.815. The highest BCUT2D eigenvalue weighted by Gasteiger charge is 2.30. The summed E-state index contributed by atoms with van der Waals surface area (Å²) in [5, 5.41) is 0. The third-order valence-electron chi connectivity index (χ3n) is 2.14. The Labute approximate surface area is 86.1 Å². The van der Waals surface area contributed by atoms with Gasteiger partial charge in [-0.2, -0.15) is 13.2 Å². The van der Waals surface area contributed by atoms with Crippen LogP contribution in [0.2, 0.25) is 0 Å². The van der Waals surface area contributed by atoms with Crippen LogP contribution in [0.3, 0.4) is 0 Å². The molecule has 0 aliphatic rings.